The summed E-state index contributed by atoms with van der Waals surface area (Å²) >= 11 is 0. The van der Waals surface area contributed by atoms with Crippen LogP contribution in [-0.4, -0.2) is 49.3 Å². The summed E-state index contributed by atoms with van der Waals surface area (Å²) in [6, 6.07) is 0. The lowest BCUT2D eigenvalue weighted by molar-refractivity contribution is -0.161. The molecule has 1 unspecified atom stereocenters. The van der Waals surface area contributed by atoms with Crippen LogP contribution < -0.4 is 5.73 Å². The van der Waals surface area contributed by atoms with Gasteiger partial charge in [-0.1, -0.05) is 163 Å². The lowest BCUT2D eigenvalue weighted by atomic mass is 10.1. The van der Waals surface area contributed by atoms with Gasteiger partial charge in [-0.25, -0.2) is 4.57 Å². The summed E-state index contributed by atoms with van der Waals surface area (Å²) in [5.74, 6) is -0.877. The van der Waals surface area contributed by atoms with Crippen LogP contribution in [0.1, 0.15) is 181 Å². The maximum absolute atomic E-state index is 12.6. The Morgan fingerprint density at radius 1 is 0.525 bits per heavy atom. The third-order valence-corrected chi connectivity index (χ3v) is 10.2. The molecule has 0 aromatic carbocycles. The Bertz CT molecular complexity index is 1240. The lowest BCUT2D eigenvalue weighted by Gasteiger charge is -2.19. The summed E-state index contributed by atoms with van der Waals surface area (Å²) < 4.78 is 32.8. The predicted octanol–water partition coefficient (Wildman–Crippen LogP) is 13.6. The maximum Gasteiger partial charge on any atom is 0.472 e. The van der Waals surface area contributed by atoms with Gasteiger partial charge in [-0.2, -0.15) is 0 Å². The summed E-state index contributed by atoms with van der Waals surface area (Å²) in [4.78, 5) is 35.0. The van der Waals surface area contributed by atoms with Gasteiger partial charge in [0.25, 0.3) is 0 Å². The number of carbonyl (C=O) groups excluding carboxylic acids is 2. The van der Waals surface area contributed by atoms with Crippen molar-refractivity contribution in [2.24, 2.45) is 5.73 Å². The van der Waals surface area contributed by atoms with Crippen LogP contribution in [0.2, 0.25) is 0 Å². The first-order valence-corrected chi connectivity index (χ1v) is 24.6. The van der Waals surface area contributed by atoms with Crippen molar-refractivity contribution in [3.63, 3.8) is 0 Å². The average Bonchev–Trinajstić information content (AvgIpc) is 3.22. The molecule has 0 bridgehead atoms. The number of allylic oxidation sites excluding steroid dienone is 14. The number of phosphoric ester groups is 1. The minimum atomic E-state index is -4.39. The van der Waals surface area contributed by atoms with Gasteiger partial charge in [0, 0.05) is 19.4 Å². The van der Waals surface area contributed by atoms with Crippen molar-refractivity contribution in [1.29, 1.82) is 0 Å². The van der Waals surface area contributed by atoms with Crippen LogP contribution in [0, 0.1) is 0 Å². The molecule has 59 heavy (non-hydrogen) atoms. The molecular weight excluding hydrogens is 762 g/mol. The van der Waals surface area contributed by atoms with E-state index in [-0.39, 0.29) is 32.6 Å². The van der Waals surface area contributed by atoms with E-state index >= 15 is 0 Å². The molecule has 0 aliphatic rings. The number of phosphoric acid groups is 1. The maximum atomic E-state index is 12.6. The van der Waals surface area contributed by atoms with Gasteiger partial charge in [0.2, 0.25) is 0 Å². The van der Waals surface area contributed by atoms with E-state index < -0.39 is 32.5 Å². The molecule has 0 heterocycles. The van der Waals surface area contributed by atoms with Crippen LogP contribution in [0.25, 0.3) is 0 Å². The van der Waals surface area contributed by atoms with E-state index in [1.54, 1.807) is 0 Å². The quantitative estimate of drug-likeness (QED) is 0.0266. The molecule has 0 saturated carbocycles. The minimum absolute atomic E-state index is 0.0435. The Labute approximate surface area is 360 Å². The highest BCUT2D eigenvalue weighted by atomic mass is 31.2. The number of esters is 2. The molecule has 338 valence electrons. The molecule has 0 spiro atoms. The van der Waals surface area contributed by atoms with Gasteiger partial charge in [0.15, 0.2) is 6.10 Å². The minimum Gasteiger partial charge on any atom is -0.462 e. The fraction of sp³-hybridized carbons (Fsp3) is 0.673. The van der Waals surface area contributed by atoms with Gasteiger partial charge in [0.05, 0.1) is 13.2 Å². The van der Waals surface area contributed by atoms with Crippen LogP contribution in [-0.2, 0) is 32.7 Å². The zero-order valence-electron chi connectivity index (χ0n) is 37.2. The lowest BCUT2D eigenvalue weighted by Crippen LogP contribution is -2.29. The van der Waals surface area contributed by atoms with E-state index in [4.69, 9.17) is 24.3 Å². The van der Waals surface area contributed by atoms with Gasteiger partial charge in [-0.3, -0.25) is 18.6 Å². The second kappa shape index (κ2) is 44.7. The summed E-state index contributed by atoms with van der Waals surface area (Å²) in [5, 5.41) is 0. The van der Waals surface area contributed by atoms with Crippen LogP contribution in [0.4, 0.5) is 0 Å². The number of unbranched alkanes of at least 4 members (excludes halogenated alkanes) is 15. The molecule has 0 aromatic heterocycles. The molecule has 0 rings (SSSR count). The Morgan fingerprint density at radius 2 is 0.932 bits per heavy atom. The highest BCUT2D eigenvalue weighted by molar-refractivity contribution is 7.47. The second-order valence-corrected chi connectivity index (χ2v) is 16.3. The van der Waals surface area contributed by atoms with Crippen LogP contribution in [0.5, 0.6) is 0 Å². The number of nitrogens with two attached hydrogens (primary N) is 1. The van der Waals surface area contributed by atoms with Crippen LogP contribution in [0.3, 0.4) is 0 Å². The second-order valence-electron chi connectivity index (χ2n) is 14.9. The van der Waals surface area contributed by atoms with Gasteiger partial charge < -0.3 is 20.1 Å². The van der Waals surface area contributed by atoms with Gasteiger partial charge in [-0.05, 0) is 89.9 Å². The largest absolute Gasteiger partial charge is 0.472 e. The van der Waals surface area contributed by atoms with Crippen molar-refractivity contribution in [1.82, 2.24) is 0 Å². The summed E-state index contributed by atoms with van der Waals surface area (Å²) in [6.07, 6.45) is 56.1. The van der Waals surface area contributed by atoms with E-state index in [1.807, 2.05) is 0 Å². The number of ether oxygens (including phenoxy) is 2. The normalized spacial score (nSPS) is 14.0. The molecule has 0 radical (unpaired) electrons. The third-order valence-electron chi connectivity index (χ3n) is 9.27. The molecule has 0 fully saturated rings. The summed E-state index contributed by atoms with van der Waals surface area (Å²) in [6.45, 7) is 3.54. The van der Waals surface area contributed by atoms with E-state index in [0.29, 0.717) is 12.8 Å². The van der Waals surface area contributed by atoms with Gasteiger partial charge in [0.1, 0.15) is 6.61 Å². The number of rotatable bonds is 42. The van der Waals surface area contributed by atoms with E-state index in [2.05, 4.69) is 98.9 Å². The molecule has 0 saturated heterocycles. The molecular formula is C49H84NO8P. The first kappa shape index (κ1) is 56.2. The molecule has 0 amide bonds. The van der Waals surface area contributed by atoms with Crippen molar-refractivity contribution < 1.29 is 37.6 Å². The van der Waals surface area contributed by atoms with E-state index in [9.17, 15) is 19.0 Å². The number of hydrogen-bond acceptors (Lipinski definition) is 8. The average molecular weight is 846 g/mol. The Balaban J connectivity index is 4.20. The van der Waals surface area contributed by atoms with Crippen molar-refractivity contribution in [2.45, 2.75) is 187 Å². The number of hydrogen-bond donors (Lipinski definition) is 2. The van der Waals surface area contributed by atoms with Crippen molar-refractivity contribution in [2.75, 3.05) is 26.4 Å². The fourth-order valence-electron chi connectivity index (χ4n) is 5.87. The van der Waals surface area contributed by atoms with Crippen molar-refractivity contribution >= 4 is 19.8 Å². The van der Waals surface area contributed by atoms with Gasteiger partial charge >= 0.3 is 19.8 Å². The predicted molar refractivity (Wildman–Crippen MR) is 247 cm³/mol. The smallest absolute Gasteiger partial charge is 0.462 e. The first-order valence-electron chi connectivity index (χ1n) is 23.1. The van der Waals surface area contributed by atoms with Gasteiger partial charge in [-0.15, -0.1) is 0 Å². The van der Waals surface area contributed by atoms with Crippen molar-refractivity contribution in [3.8, 4) is 0 Å². The molecule has 0 aliphatic carbocycles. The molecule has 0 aromatic rings. The summed E-state index contributed by atoms with van der Waals surface area (Å²) in [7, 11) is -4.39. The monoisotopic (exact) mass is 846 g/mol. The molecule has 9 nitrogen and oxygen atoms in total. The standard InChI is InChI=1S/C49H84NO8P/c1-3-5-7-9-11-13-15-17-19-21-23-25-27-29-31-33-35-37-39-41-48(51)55-45-47(46-57-59(53,54)56-44-43-50)58-49(52)42-40-38-36-34-32-30-28-26-24-22-20-18-16-14-12-10-8-6-4-2/h5,7,11-14,17-20,23,25,29,31,47H,3-4,6,8-10,15-16,21-22,24,26-28,30,32-46,50H2,1-2H3,(H,53,54)/b7-5+,13-11+,14-12+,19-17+,20-18+,25-23+,31-29+/t47-/m1/s1. The number of carbonyl (C=O) groups is 2. The molecule has 2 atom stereocenters. The zero-order valence-corrected chi connectivity index (χ0v) is 38.1. The van der Waals surface area contributed by atoms with E-state index in [0.717, 1.165) is 83.5 Å². The van der Waals surface area contributed by atoms with Crippen LogP contribution >= 0.6 is 7.82 Å². The van der Waals surface area contributed by atoms with E-state index in [1.165, 1.54) is 57.8 Å². The molecule has 10 heteroatoms. The molecule has 3 N–H and O–H groups in total. The SMILES string of the molecule is CC/C=C/C/C=C/C/C=C/C/C=C/C/C=C/CCCCCC(=O)OC[C@H](COP(=O)(O)OCCN)OC(=O)CCCCCCCCCCC/C=C/C/C=C/CCCCC. The zero-order chi connectivity index (χ0) is 43.2. The van der Waals surface area contributed by atoms with Crippen molar-refractivity contribution in [3.05, 3.63) is 85.1 Å². The highest BCUT2D eigenvalue weighted by Crippen LogP contribution is 2.43. The topological polar surface area (TPSA) is 134 Å². The highest BCUT2D eigenvalue weighted by Gasteiger charge is 2.26. The Hall–Kier alpha value is -2.81. The third kappa shape index (κ3) is 44.6. The Morgan fingerprint density at radius 3 is 1.41 bits per heavy atom. The summed E-state index contributed by atoms with van der Waals surface area (Å²) in [5.41, 5.74) is 5.35. The van der Waals surface area contributed by atoms with Crippen LogP contribution in [0.15, 0.2) is 85.1 Å². The fourth-order valence-corrected chi connectivity index (χ4v) is 6.63. The Kier molecular flexibility index (Phi) is 42.6. The first-order chi connectivity index (χ1) is 28.8. The molecule has 0 aliphatic heterocycles.